The lowest BCUT2D eigenvalue weighted by atomic mass is 10.00. The van der Waals surface area contributed by atoms with Crippen molar-refractivity contribution in [2.75, 3.05) is 5.32 Å². The normalized spacial score (nSPS) is 11.0. The first-order chi connectivity index (χ1) is 18.5. The van der Waals surface area contributed by atoms with Crippen molar-refractivity contribution < 1.29 is 4.74 Å². The molecule has 7 heteroatoms. The smallest absolute Gasteiger partial charge is 0.249 e. The zero-order valence-corrected chi connectivity index (χ0v) is 21.2. The molecule has 0 spiro atoms. The van der Waals surface area contributed by atoms with Crippen molar-refractivity contribution in [3.8, 4) is 28.8 Å². The summed E-state index contributed by atoms with van der Waals surface area (Å²) in [6.45, 7) is 4.08. The summed E-state index contributed by atoms with van der Waals surface area (Å²) < 4.78 is 8.45. The molecule has 0 aliphatic rings. The lowest BCUT2D eigenvalue weighted by Gasteiger charge is -2.15. The van der Waals surface area contributed by atoms with Crippen molar-refractivity contribution in [3.63, 3.8) is 0 Å². The average Bonchev–Trinajstić information content (AvgIpc) is 3.31. The molecule has 0 amide bonds. The van der Waals surface area contributed by atoms with E-state index in [4.69, 9.17) is 15.0 Å². The summed E-state index contributed by atoms with van der Waals surface area (Å²) in [5.74, 6) is 1.63. The number of fused-ring (bicyclic) bond motifs is 2. The fourth-order valence-electron chi connectivity index (χ4n) is 4.64. The van der Waals surface area contributed by atoms with Crippen LogP contribution in [0.4, 0.5) is 11.6 Å². The van der Waals surface area contributed by atoms with Gasteiger partial charge in [-0.3, -0.25) is 4.98 Å². The Morgan fingerprint density at radius 3 is 2.39 bits per heavy atom. The number of anilines is 2. The third-order valence-electron chi connectivity index (χ3n) is 6.54. The van der Waals surface area contributed by atoms with Gasteiger partial charge < -0.3 is 14.6 Å². The number of nitriles is 1. The maximum atomic E-state index is 9.07. The first kappa shape index (κ1) is 23.2. The van der Waals surface area contributed by atoms with E-state index in [9.17, 15) is 0 Å². The Kier molecular flexibility index (Phi) is 5.70. The highest BCUT2D eigenvalue weighted by atomic mass is 16.5. The van der Waals surface area contributed by atoms with Crippen LogP contribution in [0.2, 0.25) is 0 Å². The van der Waals surface area contributed by atoms with E-state index in [2.05, 4.69) is 45.6 Å². The van der Waals surface area contributed by atoms with Gasteiger partial charge in [-0.05, 0) is 85.1 Å². The Balaban J connectivity index is 1.37. The predicted molar refractivity (Wildman–Crippen MR) is 150 cm³/mol. The number of benzene rings is 3. The molecule has 184 valence electrons. The summed E-state index contributed by atoms with van der Waals surface area (Å²) in [6.07, 6.45) is 3.85. The molecule has 6 aromatic rings. The van der Waals surface area contributed by atoms with Gasteiger partial charge in [-0.2, -0.15) is 10.2 Å². The fourth-order valence-corrected chi connectivity index (χ4v) is 4.64. The van der Waals surface area contributed by atoms with Crippen LogP contribution in [0.5, 0.6) is 11.6 Å². The summed E-state index contributed by atoms with van der Waals surface area (Å²) >= 11 is 0. The van der Waals surface area contributed by atoms with Crippen molar-refractivity contribution in [3.05, 3.63) is 102 Å². The van der Waals surface area contributed by atoms with Crippen molar-refractivity contribution >= 4 is 33.6 Å². The molecule has 0 unspecified atom stereocenters. The number of pyridine rings is 1. The average molecular weight is 497 g/mol. The molecule has 3 aromatic heterocycles. The molecular formula is C31H24N6O. The van der Waals surface area contributed by atoms with Gasteiger partial charge in [-0.1, -0.05) is 18.2 Å². The molecular weight excluding hydrogens is 472 g/mol. The van der Waals surface area contributed by atoms with E-state index in [0.717, 1.165) is 55.6 Å². The van der Waals surface area contributed by atoms with Gasteiger partial charge in [0.2, 0.25) is 11.8 Å². The molecule has 0 aliphatic heterocycles. The van der Waals surface area contributed by atoms with Gasteiger partial charge in [-0.25, -0.2) is 4.98 Å². The van der Waals surface area contributed by atoms with Crippen LogP contribution in [0, 0.1) is 25.2 Å². The topological polar surface area (TPSA) is 88.7 Å². The third-order valence-corrected chi connectivity index (χ3v) is 6.54. The van der Waals surface area contributed by atoms with Gasteiger partial charge in [0.25, 0.3) is 0 Å². The molecule has 38 heavy (non-hydrogen) atoms. The van der Waals surface area contributed by atoms with E-state index < -0.39 is 0 Å². The van der Waals surface area contributed by atoms with Crippen molar-refractivity contribution in [2.45, 2.75) is 13.8 Å². The Labute approximate surface area is 220 Å². The Morgan fingerprint density at radius 2 is 1.63 bits per heavy atom. The molecule has 3 heterocycles. The van der Waals surface area contributed by atoms with Crippen LogP contribution < -0.4 is 10.1 Å². The summed E-state index contributed by atoms with van der Waals surface area (Å²) in [6, 6.07) is 25.7. The maximum absolute atomic E-state index is 9.07. The SMILES string of the molecule is Cc1cc(-c2cnc3ccccc3c2)cc(C)c1Oc1nc(Nc2ccc(C#N)cc2)nc2ccn(C)c12. The molecule has 3 aromatic carbocycles. The van der Waals surface area contributed by atoms with Gasteiger partial charge in [0, 0.05) is 36.1 Å². The van der Waals surface area contributed by atoms with E-state index >= 15 is 0 Å². The first-order valence-electron chi connectivity index (χ1n) is 12.2. The van der Waals surface area contributed by atoms with Crippen molar-refractivity contribution in [1.82, 2.24) is 19.5 Å². The predicted octanol–water partition coefficient (Wildman–Crippen LogP) is 7.21. The van der Waals surface area contributed by atoms with Gasteiger partial charge in [0.1, 0.15) is 11.3 Å². The quantitative estimate of drug-likeness (QED) is 0.271. The molecule has 0 aliphatic carbocycles. The highest BCUT2D eigenvalue weighted by molar-refractivity contribution is 5.85. The number of hydrogen-bond donors (Lipinski definition) is 1. The minimum Gasteiger partial charge on any atom is -0.436 e. The molecule has 0 saturated carbocycles. The minimum atomic E-state index is 0.414. The van der Waals surface area contributed by atoms with E-state index in [1.54, 1.807) is 12.1 Å². The van der Waals surface area contributed by atoms with E-state index in [1.165, 1.54) is 0 Å². The molecule has 0 atom stereocenters. The minimum absolute atomic E-state index is 0.414. The molecule has 0 fully saturated rings. The highest BCUT2D eigenvalue weighted by Gasteiger charge is 2.17. The highest BCUT2D eigenvalue weighted by Crippen LogP contribution is 2.36. The van der Waals surface area contributed by atoms with E-state index in [1.807, 2.05) is 74.3 Å². The number of hydrogen-bond acceptors (Lipinski definition) is 6. The lowest BCUT2D eigenvalue weighted by molar-refractivity contribution is 0.459. The fraction of sp³-hybridized carbons (Fsp3) is 0.0968. The van der Waals surface area contributed by atoms with Crippen LogP contribution in [0.25, 0.3) is 33.1 Å². The standard InChI is InChI=1S/C31H24N6O/c1-19-14-23(24-16-22-6-4-5-7-26(22)33-18-24)15-20(2)29(19)38-30-28-27(12-13-37(28)3)35-31(36-30)34-25-10-8-21(17-32)9-11-25/h4-16,18H,1-3H3,(H,34,35,36). The Morgan fingerprint density at radius 1 is 0.868 bits per heavy atom. The second-order valence-corrected chi connectivity index (χ2v) is 9.28. The summed E-state index contributed by atoms with van der Waals surface area (Å²) in [7, 11) is 1.95. The Bertz CT molecular complexity index is 1840. The molecule has 0 bridgehead atoms. The van der Waals surface area contributed by atoms with Crippen LogP contribution in [0.3, 0.4) is 0 Å². The monoisotopic (exact) mass is 496 g/mol. The molecule has 6 rings (SSSR count). The second-order valence-electron chi connectivity index (χ2n) is 9.28. The zero-order chi connectivity index (χ0) is 26.2. The van der Waals surface area contributed by atoms with Gasteiger partial charge in [0.05, 0.1) is 22.7 Å². The number of nitrogens with zero attached hydrogens (tertiary/aromatic N) is 5. The summed E-state index contributed by atoms with van der Waals surface area (Å²) in [4.78, 5) is 14.0. The molecule has 7 nitrogen and oxygen atoms in total. The van der Waals surface area contributed by atoms with Crippen molar-refractivity contribution in [2.24, 2.45) is 7.05 Å². The number of nitrogens with one attached hydrogen (secondary N) is 1. The van der Waals surface area contributed by atoms with Crippen LogP contribution in [-0.4, -0.2) is 19.5 Å². The van der Waals surface area contributed by atoms with Gasteiger partial charge >= 0.3 is 0 Å². The lowest BCUT2D eigenvalue weighted by Crippen LogP contribution is -2.02. The van der Waals surface area contributed by atoms with Crippen LogP contribution in [-0.2, 0) is 7.05 Å². The van der Waals surface area contributed by atoms with Gasteiger partial charge in [-0.15, -0.1) is 0 Å². The number of para-hydroxylation sites is 1. The van der Waals surface area contributed by atoms with Crippen LogP contribution in [0.1, 0.15) is 16.7 Å². The number of ether oxygens (including phenoxy) is 1. The number of aromatic nitrogens is 4. The summed E-state index contributed by atoms with van der Waals surface area (Å²) in [5.41, 5.74) is 8.05. The first-order valence-corrected chi connectivity index (χ1v) is 12.2. The summed E-state index contributed by atoms with van der Waals surface area (Å²) in [5, 5.41) is 13.4. The van der Waals surface area contributed by atoms with Crippen LogP contribution in [0.15, 0.2) is 85.2 Å². The van der Waals surface area contributed by atoms with Crippen molar-refractivity contribution in [1.29, 1.82) is 5.26 Å². The molecule has 0 saturated heterocycles. The number of rotatable bonds is 5. The third kappa shape index (κ3) is 4.29. The molecule has 1 N–H and O–H groups in total. The second kappa shape index (κ2) is 9.34. The largest absolute Gasteiger partial charge is 0.436 e. The zero-order valence-electron chi connectivity index (χ0n) is 21.2. The number of aryl methyl sites for hydroxylation is 3. The Hall–Kier alpha value is -5.22. The molecule has 0 radical (unpaired) electrons. The maximum Gasteiger partial charge on any atom is 0.249 e. The van der Waals surface area contributed by atoms with E-state index in [0.29, 0.717) is 17.4 Å². The van der Waals surface area contributed by atoms with Gasteiger partial charge in [0.15, 0.2) is 0 Å². The van der Waals surface area contributed by atoms with Crippen LogP contribution >= 0.6 is 0 Å². The van der Waals surface area contributed by atoms with E-state index in [-0.39, 0.29) is 0 Å².